The molecule has 1 aliphatic rings. The van der Waals surface area contributed by atoms with Gasteiger partial charge in [-0.2, -0.15) is 0 Å². The monoisotopic (exact) mass is 353 g/mol. The number of carbonyl (C=O) groups excluding carboxylic acids is 1. The SMILES string of the molecule is CC(C)Oc1ccc(C(=O)NC2CCCCCC2)cc1Br. The van der Waals surface area contributed by atoms with Gasteiger partial charge in [0, 0.05) is 11.6 Å². The fourth-order valence-corrected chi connectivity index (χ4v) is 3.16. The zero-order valence-electron chi connectivity index (χ0n) is 12.8. The molecule has 0 heterocycles. The minimum Gasteiger partial charge on any atom is -0.490 e. The Kier molecular flexibility index (Phi) is 6.09. The molecular formula is C17H24BrNO2. The van der Waals surface area contributed by atoms with E-state index in [0.29, 0.717) is 11.6 Å². The Bertz CT molecular complexity index is 480. The highest BCUT2D eigenvalue weighted by atomic mass is 79.9. The Hall–Kier alpha value is -1.03. The van der Waals surface area contributed by atoms with Crippen molar-refractivity contribution in [2.75, 3.05) is 0 Å². The highest BCUT2D eigenvalue weighted by molar-refractivity contribution is 9.10. The van der Waals surface area contributed by atoms with Crippen LogP contribution < -0.4 is 10.1 Å². The van der Waals surface area contributed by atoms with E-state index in [4.69, 9.17) is 4.74 Å². The summed E-state index contributed by atoms with van der Waals surface area (Å²) >= 11 is 3.48. The van der Waals surface area contributed by atoms with Gasteiger partial charge in [0.15, 0.2) is 0 Å². The van der Waals surface area contributed by atoms with Crippen LogP contribution in [0.15, 0.2) is 22.7 Å². The van der Waals surface area contributed by atoms with Crippen molar-refractivity contribution in [1.82, 2.24) is 5.32 Å². The topological polar surface area (TPSA) is 38.3 Å². The van der Waals surface area contributed by atoms with Gasteiger partial charge in [0.25, 0.3) is 5.91 Å². The van der Waals surface area contributed by atoms with Crippen LogP contribution >= 0.6 is 15.9 Å². The minimum atomic E-state index is 0.0127. The number of rotatable bonds is 4. The molecule has 0 spiro atoms. The Morgan fingerprint density at radius 3 is 2.48 bits per heavy atom. The fraction of sp³-hybridized carbons (Fsp3) is 0.588. The molecule has 2 rings (SSSR count). The van der Waals surface area contributed by atoms with E-state index in [0.717, 1.165) is 23.1 Å². The van der Waals surface area contributed by atoms with E-state index in [-0.39, 0.29) is 12.0 Å². The first-order valence-corrected chi connectivity index (χ1v) is 8.62. The Labute approximate surface area is 135 Å². The first-order valence-electron chi connectivity index (χ1n) is 7.83. The highest BCUT2D eigenvalue weighted by Crippen LogP contribution is 2.27. The summed E-state index contributed by atoms with van der Waals surface area (Å²) in [5, 5.41) is 3.16. The molecule has 4 heteroatoms. The zero-order chi connectivity index (χ0) is 15.2. The van der Waals surface area contributed by atoms with Gasteiger partial charge in [-0.25, -0.2) is 0 Å². The summed E-state index contributed by atoms with van der Waals surface area (Å²) in [4.78, 5) is 12.3. The molecule has 0 unspecified atom stereocenters. The van der Waals surface area contributed by atoms with Crippen molar-refractivity contribution in [2.45, 2.75) is 64.5 Å². The van der Waals surface area contributed by atoms with Gasteiger partial charge in [0.05, 0.1) is 10.6 Å². The lowest BCUT2D eigenvalue weighted by Gasteiger charge is -2.17. The molecule has 1 amide bonds. The lowest BCUT2D eigenvalue weighted by atomic mass is 10.1. The van der Waals surface area contributed by atoms with E-state index >= 15 is 0 Å². The highest BCUT2D eigenvalue weighted by Gasteiger charge is 2.16. The largest absolute Gasteiger partial charge is 0.490 e. The second-order valence-electron chi connectivity index (χ2n) is 5.97. The van der Waals surface area contributed by atoms with Gasteiger partial charge in [-0.1, -0.05) is 25.7 Å². The molecule has 0 radical (unpaired) electrons. The van der Waals surface area contributed by atoms with Crippen molar-refractivity contribution in [3.05, 3.63) is 28.2 Å². The predicted molar refractivity (Wildman–Crippen MR) is 88.9 cm³/mol. The van der Waals surface area contributed by atoms with Gasteiger partial charge in [-0.3, -0.25) is 4.79 Å². The average molecular weight is 354 g/mol. The molecule has 1 fully saturated rings. The summed E-state index contributed by atoms with van der Waals surface area (Å²) < 4.78 is 6.49. The van der Waals surface area contributed by atoms with Crippen molar-refractivity contribution in [1.29, 1.82) is 0 Å². The molecule has 0 aliphatic heterocycles. The van der Waals surface area contributed by atoms with Crippen LogP contribution in [0, 0.1) is 0 Å². The number of carbonyl (C=O) groups is 1. The minimum absolute atomic E-state index is 0.0127. The van der Waals surface area contributed by atoms with E-state index in [1.807, 2.05) is 32.0 Å². The molecule has 0 bridgehead atoms. The quantitative estimate of drug-likeness (QED) is 0.797. The van der Waals surface area contributed by atoms with Crippen molar-refractivity contribution in [3.63, 3.8) is 0 Å². The number of nitrogens with one attached hydrogen (secondary N) is 1. The maximum Gasteiger partial charge on any atom is 0.251 e. The lowest BCUT2D eigenvalue weighted by molar-refractivity contribution is 0.0933. The molecule has 1 aromatic rings. The normalized spacial score (nSPS) is 16.6. The number of hydrogen-bond acceptors (Lipinski definition) is 2. The van der Waals surface area contributed by atoms with Gasteiger partial charge in [0.1, 0.15) is 5.75 Å². The van der Waals surface area contributed by atoms with Crippen LogP contribution in [-0.4, -0.2) is 18.1 Å². The van der Waals surface area contributed by atoms with E-state index < -0.39 is 0 Å². The number of ether oxygens (including phenoxy) is 1. The number of amides is 1. The summed E-state index contributed by atoms with van der Waals surface area (Å²) in [6.45, 7) is 3.97. The molecular weight excluding hydrogens is 330 g/mol. The molecule has 1 saturated carbocycles. The summed E-state index contributed by atoms with van der Waals surface area (Å²) in [7, 11) is 0. The zero-order valence-corrected chi connectivity index (χ0v) is 14.4. The van der Waals surface area contributed by atoms with Crippen LogP contribution in [0.5, 0.6) is 5.75 Å². The van der Waals surface area contributed by atoms with Crippen molar-refractivity contribution >= 4 is 21.8 Å². The third-order valence-electron chi connectivity index (χ3n) is 3.75. The number of halogens is 1. The van der Waals surface area contributed by atoms with Crippen LogP contribution in [0.3, 0.4) is 0 Å². The standard InChI is InChI=1S/C17H24BrNO2/c1-12(2)21-16-10-9-13(11-15(16)18)17(20)19-14-7-5-3-4-6-8-14/h9-12,14H,3-8H2,1-2H3,(H,19,20). The second kappa shape index (κ2) is 7.83. The van der Waals surface area contributed by atoms with Crippen molar-refractivity contribution in [2.24, 2.45) is 0 Å². The Balaban J connectivity index is 2.00. The Morgan fingerprint density at radius 1 is 1.24 bits per heavy atom. The summed E-state index contributed by atoms with van der Waals surface area (Å²) in [5.41, 5.74) is 0.683. The number of benzene rings is 1. The summed E-state index contributed by atoms with van der Waals surface area (Å²) in [6, 6.07) is 5.84. The van der Waals surface area contributed by atoms with Crippen LogP contribution in [0.4, 0.5) is 0 Å². The first-order chi connectivity index (χ1) is 10.1. The molecule has 1 N–H and O–H groups in total. The van der Waals surface area contributed by atoms with E-state index in [2.05, 4.69) is 21.2 Å². The molecule has 1 aromatic carbocycles. The molecule has 116 valence electrons. The predicted octanol–water partition coefficient (Wildman–Crippen LogP) is 4.69. The fourth-order valence-electron chi connectivity index (χ4n) is 2.68. The van der Waals surface area contributed by atoms with E-state index in [1.54, 1.807) is 0 Å². The molecule has 0 saturated heterocycles. The van der Waals surface area contributed by atoms with Crippen molar-refractivity contribution in [3.8, 4) is 5.75 Å². The van der Waals surface area contributed by atoms with Gasteiger partial charge in [-0.15, -0.1) is 0 Å². The smallest absolute Gasteiger partial charge is 0.251 e. The van der Waals surface area contributed by atoms with Gasteiger partial charge in [0.2, 0.25) is 0 Å². The first kappa shape index (κ1) is 16.3. The second-order valence-corrected chi connectivity index (χ2v) is 6.83. The van der Waals surface area contributed by atoms with Gasteiger partial charge in [-0.05, 0) is 60.8 Å². The molecule has 0 atom stereocenters. The van der Waals surface area contributed by atoms with Crippen LogP contribution in [0.2, 0.25) is 0 Å². The average Bonchev–Trinajstić information content (AvgIpc) is 2.69. The molecule has 3 nitrogen and oxygen atoms in total. The third-order valence-corrected chi connectivity index (χ3v) is 4.37. The van der Waals surface area contributed by atoms with Gasteiger partial charge >= 0.3 is 0 Å². The van der Waals surface area contributed by atoms with Crippen LogP contribution in [0.1, 0.15) is 62.7 Å². The van der Waals surface area contributed by atoms with Gasteiger partial charge < -0.3 is 10.1 Å². The summed E-state index contributed by atoms with van der Waals surface area (Å²) in [5.74, 6) is 0.787. The molecule has 21 heavy (non-hydrogen) atoms. The maximum absolute atomic E-state index is 12.3. The number of hydrogen-bond donors (Lipinski definition) is 1. The maximum atomic E-state index is 12.3. The van der Waals surface area contributed by atoms with Crippen molar-refractivity contribution < 1.29 is 9.53 Å². The molecule has 1 aliphatic carbocycles. The Morgan fingerprint density at radius 2 is 1.90 bits per heavy atom. The lowest BCUT2D eigenvalue weighted by Crippen LogP contribution is -2.34. The van der Waals surface area contributed by atoms with Crippen LogP contribution in [-0.2, 0) is 0 Å². The summed E-state index contributed by atoms with van der Waals surface area (Å²) in [6.07, 6.45) is 7.33. The molecule has 0 aromatic heterocycles. The van der Waals surface area contributed by atoms with Crippen LogP contribution in [0.25, 0.3) is 0 Å². The van der Waals surface area contributed by atoms with E-state index in [1.165, 1.54) is 25.7 Å². The van der Waals surface area contributed by atoms with E-state index in [9.17, 15) is 4.79 Å². The third kappa shape index (κ3) is 5.03.